The second kappa shape index (κ2) is 8.73. The van der Waals surface area contributed by atoms with Crippen LogP contribution in [0.5, 0.6) is 0 Å². The first-order chi connectivity index (χ1) is 13.3. The van der Waals surface area contributed by atoms with Crippen LogP contribution < -0.4 is 0 Å². The van der Waals surface area contributed by atoms with E-state index in [9.17, 15) is 4.79 Å². The predicted octanol–water partition coefficient (Wildman–Crippen LogP) is 6.35. The first kappa shape index (κ1) is 18.3. The number of fused-ring (bicyclic) bond motifs is 1. The molecular formula is C25H31NO. The van der Waals surface area contributed by atoms with E-state index >= 15 is 0 Å². The van der Waals surface area contributed by atoms with E-state index in [1.165, 1.54) is 75.0 Å². The van der Waals surface area contributed by atoms with Gasteiger partial charge in [-0.2, -0.15) is 0 Å². The molecule has 27 heavy (non-hydrogen) atoms. The fourth-order valence-electron chi connectivity index (χ4n) is 5.02. The van der Waals surface area contributed by atoms with Crippen LogP contribution in [0.1, 0.15) is 69.8 Å². The molecule has 2 aromatic carbocycles. The number of amides is 1. The summed E-state index contributed by atoms with van der Waals surface area (Å²) in [6.45, 7) is 0. The van der Waals surface area contributed by atoms with Crippen LogP contribution in [-0.4, -0.2) is 22.9 Å². The van der Waals surface area contributed by atoms with Crippen molar-refractivity contribution in [3.63, 3.8) is 0 Å². The van der Waals surface area contributed by atoms with Gasteiger partial charge < -0.3 is 4.90 Å². The number of benzene rings is 2. The van der Waals surface area contributed by atoms with E-state index in [1.54, 1.807) is 0 Å². The van der Waals surface area contributed by atoms with Gasteiger partial charge in [0, 0.05) is 18.2 Å². The molecule has 0 radical (unpaired) electrons. The fraction of sp³-hybridized carbons (Fsp3) is 0.480. The summed E-state index contributed by atoms with van der Waals surface area (Å²) in [6.07, 6.45) is 16.4. The standard InChI is InChI=1S/C25H31NO/c27-25(19-18-21-12-9-11-20-10-7-8-17-24(20)21)26(22-13-3-1-4-14-22)23-15-5-2-6-16-23/h7-12,17-19,22-23H,1-6,13-16H2. The molecule has 0 atom stereocenters. The minimum Gasteiger partial charge on any atom is -0.333 e. The lowest BCUT2D eigenvalue weighted by Crippen LogP contribution is -2.48. The molecule has 0 N–H and O–H groups in total. The van der Waals surface area contributed by atoms with E-state index in [1.807, 2.05) is 12.2 Å². The van der Waals surface area contributed by atoms with Crippen molar-refractivity contribution in [3.05, 3.63) is 54.1 Å². The number of nitrogens with zero attached hydrogens (tertiary/aromatic N) is 1. The SMILES string of the molecule is O=C(C=Cc1cccc2ccccc12)N(C1CCCCC1)C1CCCCC1. The number of carbonyl (C=O) groups is 1. The highest BCUT2D eigenvalue weighted by atomic mass is 16.2. The first-order valence-electron chi connectivity index (χ1n) is 10.8. The van der Waals surface area contributed by atoms with Gasteiger partial charge in [-0.1, -0.05) is 81.0 Å². The van der Waals surface area contributed by atoms with Gasteiger partial charge in [-0.15, -0.1) is 0 Å². The van der Waals surface area contributed by atoms with Crippen molar-refractivity contribution >= 4 is 22.8 Å². The van der Waals surface area contributed by atoms with E-state index < -0.39 is 0 Å². The van der Waals surface area contributed by atoms with Crippen molar-refractivity contribution in [2.75, 3.05) is 0 Å². The van der Waals surface area contributed by atoms with Gasteiger partial charge in [0.2, 0.25) is 5.91 Å². The molecule has 0 spiro atoms. The Balaban J connectivity index is 1.57. The van der Waals surface area contributed by atoms with Crippen molar-refractivity contribution in [1.82, 2.24) is 4.90 Å². The summed E-state index contributed by atoms with van der Waals surface area (Å²) in [6, 6.07) is 15.6. The topological polar surface area (TPSA) is 20.3 Å². The molecule has 0 heterocycles. The smallest absolute Gasteiger partial charge is 0.247 e. The Bertz CT molecular complexity index is 774. The molecule has 1 amide bonds. The van der Waals surface area contributed by atoms with Crippen LogP contribution in [0.25, 0.3) is 16.8 Å². The van der Waals surface area contributed by atoms with E-state index in [0.29, 0.717) is 12.1 Å². The quantitative estimate of drug-likeness (QED) is 0.581. The van der Waals surface area contributed by atoms with E-state index in [0.717, 1.165) is 5.56 Å². The Morgan fingerprint density at radius 2 is 1.37 bits per heavy atom. The summed E-state index contributed by atoms with van der Waals surface area (Å²) < 4.78 is 0. The van der Waals surface area contributed by atoms with Crippen LogP contribution in [0.3, 0.4) is 0 Å². The summed E-state index contributed by atoms with van der Waals surface area (Å²) in [7, 11) is 0. The van der Waals surface area contributed by atoms with E-state index in [-0.39, 0.29) is 5.91 Å². The van der Waals surface area contributed by atoms with Crippen LogP contribution in [0.15, 0.2) is 48.5 Å². The zero-order chi connectivity index (χ0) is 18.5. The van der Waals surface area contributed by atoms with E-state index in [4.69, 9.17) is 0 Å². The summed E-state index contributed by atoms with van der Waals surface area (Å²) in [4.78, 5) is 15.6. The molecule has 0 bridgehead atoms. The Morgan fingerprint density at radius 3 is 2.04 bits per heavy atom. The largest absolute Gasteiger partial charge is 0.333 e. The minimum atomic E-state index is 0.224. The van der Waals surface area contributed by atoms with Crippen LogP contribution >= 0.6 is 0 Å². The average Bonchev–Trinajstić information content (AvgIpc) is 2.74. The Morgan fingerprint density at radius 1 is 0.778 bits per heavy atom. The Kier molecular flexibility index (Phi) is 5.91. The number of rotatable bonds is 4. The maximum absolute atomic E-state index is 13.3. The number of carbonyl (C=O) groups excluding carboxylic acids is 1. The normalized spacial score (nSPS) is 19.6. The second-order valence-electron chi connectivity index (χ2n) is 8.23. The molecule has 0 aromatic heterocycles. The average molecular weight is 362 g/mol. The van der Waals surface area contributed by atoms with Crippen molar-refractivity contribution < 1.29 is 4.79 Å². The van der Waals surface area contributed by atoms with Crippen LogP contribution in [0.2, 0.25) is 0 Å². The van der Waals surface area contributed by atoms with Gasteiger partial charge in [-0.3, -0.25) is 4.79 Å². The maximum Gasteiger partial charge on any atom is 0.247 e. The maximum atomic E-state index is 13.3. The lowest BCUT2D eigenvalue weighted by molar-refractivity contribution is -0.132. The number of hydrogen-bond acceptors (Lipinski definition) is 1. The molecule has 0 unspecified atom stereocenters. The molecule has 2 aromatic rings. The highest BCUT2D eigenvalue weighted by molar-refractivity contribution is 5.97. The second-order valence-corrected chi connectivity index (χ2v) is 8.23. The zero-order valence-electron chi connectivity index (χ0n) is 16.3. The molecule has 2 saturated carbocycles. The van der Waals surface area contributed by atoms with Crippen molar-refractivity contribution in [3.8, 4) is 0 Å². The Hall–Kier alpha value is -2.09. The highest BCUT2D eigenvalue weighted by Crippen LogP contribution is 2.30. The molecular weight excluding hydrogens is 330 g/mol. The van der Waals surface area contributed by atoms with Gasteiger partial charge in [0.25, 0.3) is 0 Å². The van der Waals surface area contributed by atoms with Gasteiger partial charge in [0.1, 0.15) is 0 Å². The van der Waals surface area contributed by atoms with Crippen LogP contribution in [-0.2, 0) is 4.79 Å². The van der Waals surface area contributed by atoms with Crippen LogP contribution in [0.4, 0.5) is 0 Å². The molecule has 0 saturated heterocycles. The molecule has 2 heteroatoms. The van der Waals surface area contributed by atoms with Gasteiger partial charge >= 0.3 is 0 Å². The van der Waals surface area contributed by atoms with Crippen LogP contribution in [0, 0.1) is 0 Å². The lowest BCUT2D eigenvalue weighted by Gasteiger charge is -2.41. The first-order valence-corrected chi connectivity index (χ1v) is 10.8. The monoisotopic (exact) mass is 361 g/mol. The zero-order valence-corrected chi connectivity index (χ0v) is 16.3. The molecule has 2 fully saturated rings. The van der Waals surface area contributed by atoms with E-state index in [2.05, 4.69) is 47.4 Å². The third-order valence-corrected chi connectivity index (χ3v) is 6.42. The highest BCUT2D eigenvalue weighted by Gasteiger charge is 2.31. The predicted molar refractivity (Wildman–Crippen MR) is 114 cm³/mol. The summed E-state index contributed by atoms with van der Waals surface area (Å²) in [5.41, 5.74) is 1.13. The summed E-state index contributed by atoms with van der Waals surface area (Å²) >= 11 is 0. The van der Waals surface area contributed by atoms with Crippen molar-refractivity contribution in [2.24, 2.45) is 0 Å². The third-order valence-electron chi connectivity index (χ3n) is 6.42. The Labute approximate surface area is 163 Å². The van der Waals surface area contributed by atoms with Crippen molar-refractivity contribution in [1.29, 1.82) is 0 Å². The molecule has 2 nitrogen and oxygen atoms in total. The van der Waals surface area contributed by atoms with Gasteiger partial charge in [0.15, 0.2) is 0 Å². The van der Waals surface area contributed by atoms with Crippen molar-refractivity contribution in [2.45, 2.75) is 76.3 Å². The van der Waals surface area contributed by atoms with Gasteiger partial charge in [-0.25, -0.2) is 0 Å². The lowest BCUT2D eigenvalue weighted by atomic mass is 9.88. The molecule has 2 aliphatic rings. The summed E-state index contributed by atoms with van der Waals surface area (Å²) in [5, 5.41) is 2.44. The molecule has 0 aliphatic heterocycles. The molecule has 4 rings (SSSR count). The molecule has 2 aliphatic carbocycles. The third kappa shape index (κ3) is 4.26. The minimum absolute atomic E-state index is 0.224. The number of hydrogen-bond donors (Lipinski definition) is 0. The summed E-state index contributed by atoms with van der Waals surface area (Å²) in [5.74, 6) is 0.224. The molecule has 142 valence electrons. The fourth-order valence-corrected chi connectivity index (χ4v) is 5.02. The van der Waals surface area contributed by atoms with Gasteiger partial charge in [0.05, 0.1) is 0 Å². The van der Waals surface area contributed by atoms with Gasteiger partial charge in [-0.05, 0) is 48.1 Å².